The molecule has 0 saturated heterocycles. The Bertz CT molecular complexity index is 550. The summed E-state index contributed by atoms with van der Waals surface area (Å²) in [4.78, 5) is 8.50. The van der Waals surface area contributed by atoms with Crippen LogP contribution in [0.1, 0.15) is 26.6 Å². The van der Waals surface area contributed by atoms with Crippen molar-refractivity contribution in [2.24, 2.45) is 0 Å². The third-order valence-electron chi connectivity index (χ3n) is 2.43. The zero-order valence-electron chi connectivity index (χ0n) is 11.7. The molecule has 0 spiro atoms. The molecule has 0 saturated carbocycles. The first-order valence-electron chi connectivity index (χ1n) is 6.27. The van der Waals surface area contributed by atoms with E-state index < -0.39 is 0 Å². The van der Waals surface area contributed by atoms with E-state index in [-0.39, 0.29) is 5.41 Å². The third kappa shape index (κ3) is 4.31. The quantitative estimate of drug-likeness (QED) is 0.858. The molecule has 2 rings (SSSR count). The van der Waals surface area contributed by atoms with Crippen LogP contribution in [-0.2, 0) is 5.41 Å². The van der Waals surface area contributed by atoms with Crippen LogP contribution in [0.15, 0.2) is 18.3 Å². The predicted molar refractivity (Wildman–Crippen MR) is 81.8 cm³/mol. The van der Waals surface area contributed by atoms with Gasteiger partial charge in [-0.2, -0.15) is 4.37 Å². The molecule has 0 atom stereocenters. The monoisotopic (exact) mass is 312 g/mol. The Morgan fingerprint density at radius 3 is 2.75 bits per heavy atom. The largest absolute Gasteiger partial charge is 0.476 e. The molecular weight excluding hydrogens is 296 g/mol. The smallest absolute Gasteiger partial charge is 0.213 e. The second-order valence-corrected chi connectivity index (χ2v) is 6.45. The van der Waals surface area contributed by atoms with Gasteiger partial charge in [0.1, 0.15) is 12.4 Å². The summed E-state index contributed by atoms with van der Waals surface area (Å²) in [6.45, 7) is 7.42. The van der Waals surface area contributed by atoms with Gasteiger partial charge < -0.3 is 10.1 Å². The molecule has 0 fully saturated rings. The van der Waals surface area contributed by atoms with Crippen molar-refractivity contribution >= 4 is 28.3 Å². The first kappa shape index (κ1) is 15.0. The summed E-state index contributed by atoms with van der Waals surface area (Å²) in [5.41, 5.74) is -0.0276. The summed E-state index contributed by atoms with van der Waals surface area (Å²) in [6.07, 6.45) is 1.56. The lowest BCUT2D eigenvalue weighted by Crippen LogP contribution is -2.14. The molecule has 7 heteroatoms. The summed E-state index contributed by atoms with van der Waals surface area (Å²) < 4.78 is 9.82. The SMILES string of the molecule is CC(C)(C)c1nsc(NCCOc2ccc(Cl)cn2)n1. The van der Waals surface area contributed by atoms with Gasteiger partial charge >= 0.3 is 0 Å². The predicted octanol–water partition coefficient (Wildman–Crippen LogP) is 3.37. The Balaban J connectivity index is 1.76. The fraction of sp³-hybridized carbons (Fsp3) is 0.462. The molecule has 0 aliphatic heterocycles. The van der Waals surface area contributed by atoms with E-state index in [0.717, 1.165) is 11.0 Å². The van der Waals surface area contributed by atoms with Crippen LogP contribution in [0.25, 0.3) is 0 Å². The minimum Gasteiger partial charge on any atom is -0.476 e. The highest BCUT2D eigenvalue weighted by Gasteiger charge is 2.19. The van der Waals surface area contributed by atoms with Crippen molar-refractivity contribution in [2.45, 2.75) is 26.2 Å². The van der Waals surface area contributed by atoms with E-state index in [1.807, 2.05) is 0 Å². The van der Waals surface area contributed by atoms with Gasteiger partial charge in [-0.25, -0.2) is 9.97 Å². The van der Waals surface area contributed by atoms with Crippen LogP contribution < -0.4 is 10.1 Å². The Kier molecular flexibility index (Phi) is 4.77. The van der Waals surface area contributed by atoms with E-state index in [0.29, 0.717) is 24.1 Å². The maximum Gasteiger partial charge on any atom is 0.213 e. The number of nitrogens with zero attached hydrogens (tertiary/aromatic N) is 3. The van der Waals surface area contributed by atoms with Crippen LogP contribution in [0.5, 0.6) is 5.88 Å². The van der Waals surface area contributed by atoms with E-state index in [2.05, 4.69) is 40.4 Å². The molecule has 20 heavy (non-hydrogen) atoms. The fourth-order valence-electron chi connectivity index (χ4n) is 1.36. The van der Waals surface area contributed by atoms with Crippen molar-refractivity contribution < 1.29 is 4.74 Å². The molecule has 0 aromatic carbocycles. The highest BCUT2D eigenvalue weighted by Crippen LogP contribution is 2.22. The first-order valence-corrected chi connectivity index (χ1v) is 7.43. The highest BCUT2D eigenvalue weighted by atomic mass is 35.5. The summed E-state index contributed by atoms with van der Waals surface area (Å²) in [6, 6.07) is 3.49. The Morgan fingerprint density at radius 1 is 1.35 bits per heavy atom. The number of hydrogen-bond donors (Lipinski definition) is 1. The molecule has 2 aromatic rings. The molecule has 2 aromatic heterocycles. The van der Waals surface area contributed by atoms with Crippen molar-refractivity contribution in [3.8, 4) is 5.88 Å². The average Bonchev–Trinajstić information content (AvgIpc) is 2.85. The number of pyridine rings is 1. The molecule has 0 aliphatic carbocycles. The van der Waals surface area contributed by atoms with Crippen molar-refractivity contribution in [1.82, 2.24) is 14.3 Å². The van der Waals surface area contributed by atoms with Gasteiger partial charge in [0.15, 0.2) is 0 Å². The molecule has 0 radical (unpaired) electrons. The minimum atomic E-state index is -0.0276. The Morgan fingerprint density at radius 2 is 2.15 bits per heavy atom. The van der Waals surface area contributed by atoms with Gasteiger partial charge in [-0.1, -0.05) is 32.4 Å². The van der Waals surface area contributed by atoms with Gasteiger partial charge in [0.05, 0.1) is 11.6 Å². The van der Waals surface area contributed by atoms with Crippen molar-refractivity contribution in [2.75, 3.05) is 18.5 Å². The molecule has 0 amide bonds. The maximum absolute atomic E-state index is 5.75. The maximum atomic E-state index is 5.75. The first-order chi connectivity index (χ1) is 9.45. The summed E-state index contributed by atoms with van der Waals surface area (Å²) in [5.74, 6) is 1.41. The van der Waals surface area contributed by atoms with Crippen molar-refractivity contribution in [1.29, 1.82) is 0 Å². The minimum absolute atomic E-state index is 0.0276. The topological polar surface area (TPSA) is 59.9 Å². The highest BCUT2D eigenvalue weighted by molar-refractivity contribution is 7.09. The normalized spacial score (nSPS) is 11.4. The Hall–Kier alpha value is -1.40. The molecule has 0 aliphatic rings. The van der Waals surface area contributed by atoms with Crippen molar-refractivity contribution in [3.63, 3.8) is 0 Å². The second-order valence-electron chi connectivity index (χ2n) is 5.26. The average molecular weight is 313 g/mol. The van der Waals surface area contributed by atoms with Crippen LogP contribution in [0, 0.1) is 0 Å². The molecule has 0 bridgehead atoms. The molecule has 0 unspecified atom stereocenters. The number of hydrogen-bond acceptors (Lipinski definition) is 6. The van der Waals surface area contributed by atoms with Gasteiger partial charge in [-0.05, 0) is 6.07 Å². The van der Waals surface area contributed by atoms with Gasteiger partial charge in [-0.15, -0.1) is 0 Å². The number of aromatic nitrogens is 3. The van der Waals surface area contributed by atoms with Gasteiger partial charge in [0, 0.05) is 29.2 Å². The number of anilines is 1. The van der Waals surface area contributed by atoms with Gasteiger partial charge in [0.2, 0.25) is 11.0 Å². The molecular formula is C13H17ClN4OS. The van der Waals surface area contributed by atoms with E-state index in [1.54, 1.807) is 18.3 Å². The van der Waals surface area contributed by atoms with Crippen molar-refractivity contribution in [3.05, 3.63) is 29.2 Å². The third-order valence-corrected chi connectivity index (χ3v) is 3.32. The van der Waals surface area contributed by atoms with Crippen LogP contribution in [-0.4, -0.2) is 27.5 Å². The lowest BCUT2D eigenvalue weighted by atomic mass is 9.96. The molecule has 108 valence electrons. The van der Waals surface area contributed by atoms with Crippen LogP contribution in [0.4, 0.5) is 5.13 Å². The lowest BCUT2D eigenvalue weighted by Gasteiger charge is -2.12. The molecule has 2 heterocycles. The van der Waals surface area contributed by atoms with Gasteiger partial charge in [0.25, 0.3) is 0 Å². The number of nitrogens with one attached hydrogen (secondary N) is 1. The summed E-state index contributed by atoms with van der Waals surface area (Å²) in [7, 11) is 0. The fourth-order valence-corrected chi connectivity index (χ4v) is 2.25. The number of ether oxygens (including phenoxy) is 1. The van der Waals surface area contributed by atoms with E-state index in [9.17, 15) is 0 Å². The second kappa shape index (κ2) is 6.37. The van der Waals surface area contributed by atoms with Crippen LogP contribution in [0.3, 0.4) is 0 Å². The standard InChI is InChI=1S/C13H17ClN4OS/c1-13(2,3)11-17-12(20-18-11)15-6-7-19-10-5-4-9(14)8-16-10/h4-5,8H,6-7H2,1-3H3,(H,15,17,18). The summed E-state index contributed by atoms with van der Waals surface area (Å²) >= 11 is 7.11. The van der Waals surface area contributed by atoms with E-state index >= 15 is 0 Å². The van der Waals surface area contributed by atoms with E-state index in [1.165, 1.54) is 11.5 Å². The number of halogens is 1. The Labute approximate surface area is 127 Å². The zero-order valence-corrected chi connectivity index (χ0v) is 13.3. The molecule has 5 nitrogen and oxygen atoms in total. The number of rotatable bonds is 5. The zero-order chi connectivity index (χ0) is 14.6. The lowest BCUT2D eigenvalue weighted by molar-refractivity contribution is 0.320. The summed E-state index contributed by atoms with van der Waals surface area (Å²) in [5, 5.41) is 4.59. The molecule has 1 N–H and O–H groups in total. The van der Waals surface area contributed by atoms with E-state index in [4.69, 9.17) is 16.3 Å². The van der Waals surface area contributed by atoms with Crippen LogP contribution >= 0.6 is 23.1 Å². The van der Waals surface area contributed by atoms with Gasteiger partial charge in [-0.3, -0.25) is 0 Å². The van der Waals surface area contributed by atoms with Crippen LogP contribution in [0.2, 0.25) is 5.02 Å².